The highest BCUT2D eigenvalue weighted by Crippen LogP contribution is 2.30. The van der Waals surface area contributed by atoms with Gasteiger partial charge in [-0.3, -0.25) is 0 Å². The van der Waals surface area contributed by atoms with Crippen molar-refractivity contribution < 1.29 is 45.8 Å². The Morgan fingerprint density at radius 3 is 1.91 bits per heavy atom. The lowest BCUT2D eigenvalue weighted by molar-refractivity contribution is -0.206. The molecule has 0 radical (unpaired) electrons. The van der Waals surface area contributed by atoms with Crippen LogP contribution >= 0.6 is 0 Å². The van der Waals surface area contributed by atoms with Crippen LogP contribution in [0.1, 0.15) is 112 Å². The molecule has 0 amide bonds. The van der Waals surface area contributed by atoms with E-state index in [4.69, 9.17) is 9.47 Å². The summed E-state index contributed by atoms with van der Waals surface area (Å²) >= 11 is 0. The predicted molar refractivity (Wildman–Crippen MR) is 171 cm³/mol. The maximum atomic E-state index is 14.7. The third-order valence-corrected chi connectivity index (χ3v) is 7.70. The Kier molecular flexibility index (Phi) is 15.2. The molecule has 0 saturated carbocycles. The number of unbranched alkanes of at least 4 members (excludes halogenated alkanes) is 9. The molecule has 0 fully saturated rings. The Hall–Kier alpha value is -3.95. The van der Waals surface area contributed by atoms with Gasteiger partial charge in [0.1, 0.15) is 11.6 Å². The minimum atomic E-state index is -4.79. The summed E-state index contributed by atoms with van der Waals surface area (Å²) in [6.07, 6.45) is 2.71. The summed E-state index contributed by atoms with van der Waals surface area (Å²) < 4.78 is 84.9. The summed E-state index contributed by atoms with van der Waals surface area (Å²) in [5, 5.41) is 0. The van der Waals surface area contributed by atoms with E-state index in [1.807, 2.05) is 6.92 Å². The van der Waals surface area contributed by atoms with Gasteiger partial charge >= 0.3 is 18.1 Å². The first-order chi connectivity index (χ1) is 22.5. The van der Waals surface area contributed by atoms with Crippen molar-refractivity contribution in [3.8, 4) is 22.6 Å². The standard InChI is InChI=1S/C37H43F5O5/c1-3-5-7-9-10-11-13-23-45-33-22-19-28(24-32(33)39)26-15-17-27(18-16-26)35(43)46-29-20-21-30(31(38)25-29)36(44)47-34(37(40,41)42)14-12-8-6-4-2/h15-22,24-25,34H,3-14,23H2,1-2H3. The van der Waals surface area contributed by atoms with E-state index in [9.17, 15) is 31.5 Å². The molecule has 0 heterocycles. The van der Waals surface area contributed by atoms with Crippen LogP contribution in [0.5, 0.6) is 11.5 Å². The van der Waals surface area contributed by atoms with Gasteiger partial charge in [0.25, 0.3) is 0 Å². The number of carbonyl (C=O) groups excluding carboxylic acids is 2. The van der Waals surface area contributed by atoms with Gasteiger partial charge in [-0.05, 0) is 66.8 Å². The fourth-order valence-electron chi connectivity index (χ4n) is 4.97. The summed E-state index contributed by atoms with van der Waals surface area (Å²) in [6, 6.07) is 13.5. The van der Waals surface area contributed by atoms with E-state index in [1.54, 1.807) is 24.3 Å². The molecule has 0 bridgehead atoms. The molecule has 0 aliphatic carbocycles. The first-order valence-electron chi connectivity index (χ1n) is 16.4. The molecule has 0 aromatic heterocycles. The fourth-order valence-corrected chi connectivity index (χ4v) is 4.97. The number of benzene rings is 3. The number of carbonyl (C=O) groups is 2. The zero-order valence-electron chi connectivity index (χ0n) is 27.0. The Morgan fingerprint density at radius 1 is 0.681 bits per heavy atom. The van der Waals surface area contributed by atoms with Crippen LogP contribution in [0.25, 0.3) is 11.1 Å². The van der Waals surface area contributed by atoms with Gasteiger partial charge in [-0.2, -0.15) is 13.2 Å². The molecule has 0 spiro atoms. The molecule has 256 valence electrons. The SMILES string of the molecule is CCCCCCCCCOc1ccc(-c2ccc(C(=O)Oc3ccc(C(=O)OC(CCCCCC)C(F)(F)F)c(F)c3)cc2)cc1F. The van der Waals surface area contributed by atoms with Gasteiger partial charge in [0.15, 0.2) is 17.7 Å². The van der Waals surface area contributed by atoms with Crippen molar-refractivity contribution in [1.29, 1.82) is 0 Å². The molecular formula is C37H43F5O5. The first-order valence-corrected chi connectivity index (χ1v) is 16.4. The summed E-state index contributed by atoms with van der Waals surface area (Å²) in [6.45, 7) is 4.53. The minimum Gasteiger partial charge on any atom is -0.491 e. The third kappa shape index (κ3) is 12.3. The van der Waals surface area contributed by atoms with Crippen molar-refractivity contribution in [2.75, 3.05) is 6.61 Å². The number of hydrogen-bond donors (Lipinski definition) is 0. The second-order valence-corrected chi connectivity index (χ2v) is 11.5. The number of ether oxygens (including phenoxy) is 3. The summed E-state index contributed by atoms with van der Waals surface area (Å²) in [5.74, 6) is -4.07. The Labute approximate surface area is 273 Å². The smallest absolute Gasteiger partial charge is 0.425 e. The van der Waals surface area contributed by atoms with Crippen LogP contribution < -0.4 is 9.47 Å². The van der Waals surface area contributed by atoms with E-state index >= 15 is 0 Å². The summed E-state index contributed by atoms with van der Waals surface area (Å²) in [5.41, 5.74) is 0.613. The topological polar surface area (TPSA) is 61.8 Å². The van der Waals surface area contributed by atoms with Gasteiger partial charge in [-0.25, -0.2) is 18.4 Å². The van der Waals surface area contributed by atoms with E-state index < -0.39 is 47.8 Å². The highest BCUT2D eigenvalue weighted by atomic mass is 19.4. The molecular weight excluding hydrogens is 619 g/mol. The van der Waals surface area contributed by atoms with Gasteiger partial charge in [0.2, 0.25) is 0 Å². The van der Waals surface area contributed by atoms with Gasteiger partial charge in [-0.1, -0.05) is 89.8 Å². The zero-order valence-corrected chi connectivity index (χ0v) is 27.0. The van der Waals surface area contributed by atoms with Crippen LogP contribution in [-0.2, 0) is 4.74 Å². The molecule has 1 unspecified atom stereocenters. The first kappa shape index (κ1) is 37.5. The normalized spacial score (nSPS) is 12.1. The molecule has 3 rings (SSSR count). The van der Waals surface area contributed by atoms with Crippen LogP contribution in [0, 0.1) is 11.6 Å². The second-order valence-electron chi connectivity index (χ2n) is 11.5. The lowest BCUT2D eigenvalue weighted by atomic mass is 10.0. The highest BCUT2D eigenvalue weighted by molar-refractivity contribution is 5.92. The number of alkyl halides is 3. The van der Waals surface area contributed by atoms with Gasteiger partial charge in [0.05, 0.1) is 17.7 Å². The van der Waals surface area contributed by atoms with E-state index in [-0.39, 0.29) is 23.5 Å². The van der Waals surface area contributed by atoms with Crippen molar-refractivity contribution in [2.45, 2.75) is 103 Å². The van der Waals surface area contributed by atoms with Crippen molar-refractivity contribution >= 4 is 11.9 Å². The quantitative estimate of drug-likeness (QED) is 0.0553. The van der Waals surface area contributed by atoms with Crippen LogP contribution in [0.4, 0.5) is 22.0 Å². The molecule has 0 aliphatic rings. The second kappa shape index (κ2) is 19.0. The van der Waals surface area contributed by atoms with E-state index in [0.29, 0.717) is 24.2 Å². The maximum Gasteiger partial charge on any atom is 0.425 e. The Morgan fingerprint density at radius 2 is 1.30 bits per heavy atom. The Balaban J connectivity index is 1.54. The van der Waals surface area contributed by atoms with E-state index in [1.165, 1.54) is 43.9 Å². The van der Waals surface area contributed by atoms with Crippen molar-refractivity contribution in [2.24, 2.45) is 0 Å². The monoisotopic (exact) mass is 662 g/mol. The lowest BCUT2D eigenvalue weighted by Gasteiger charge is -2.21. The third-order valence-electron chi connectivity index (χ3n) is 7.70. The highest BCUT2D eigenvalue weighted by Gasteiger charge is 2.42. The molecule has 0 N–H and O–H groups in total. The van der Waals surface area contributed by atoms with E-state index in [2.05, 4.69) is 11.7 Å². The van der Waals surface area contributed by atoms with Crippen molar-refractivity contribution in [3.05, 3.63) is 83.4 Å². The fraction of sp³-hybridized carbons (Fsp3) is 0.459. The Bertz CT molecular complexity index is 1420. The molecule has 0 aliphatic heterocycles. The average Bonchev–Trinajstić information content (AvgIpc) is 3.04. The number of hydrogen-bond acceptors (Lipinski definition) is 5. The summed E-state index contributed by atoms with van der Waals surface area (Å²) in [7, 11) is 0. The average molecular weight is 663 g/mol. The van der Waals surface area contributed by atoms with Crippen LogP contribution in [0.15, 0.2) is 60.7 Å². The predicted octanol–water partition coefficient (Wildman–Crippen LogP) is 11.0. The van der Waals surface area contributed by atoms with E-state index in [0.717, 1.165) is 50.3 Å². The van der Waals surface area contributed by atoms with Gasteiger partial charge in [-0.15, -0.1) is 0 Å². The molecule has 3 aromatic rings. The molecule has 1 atom stereocenters. The van der Waals surface area contributed by atoms with Gasteiger partial charge < -0.3 is 14.2 Å². The lowest BCUT2D eigenvalue weighted by Crippen LogP contribution is -2.34. The van der Waals surface area contributed by atoms with Crippen LogP contribution in [-0.4, -0.2) is 30.8 Å². The zero-order chi connectivity index (χ0) is 34.2. The molecule has 0 saturated heterocycles. The van der Waals surface area contributed by atoms with Crippen LogP contribution in [0.3, 0.4) is 0 Å². The van der Waals surface area contributed by atoms with Crippen LogP contribution in [0.2, 0.25) is 0 Å². The van der Waals surface area contributed by atoms with Gasteiger partial charge in [0, 0.05) is 6.07 Å². The number of halogens is 5. The maximum absolute atomic E-state index is 14.7. The number of esters is 2. The number of rotatable bonds is 19. The molecule has 3 aromatic carbocycles. The molecule has 47 heavy (non-hydrogen) atoms. The molecule has 10 heteroatoms. The largest absolute Gasteiger partial charge is 0.491 e. The summed E-state index contributed by atoms with van der Waals surface area (Å²) in [4.78, 5) is 25.0. The van der Waals surface area contributed by atoms with Crippen molar-refractivity contribution in [3.63, 3.8) is 0 Å². The van der Waals surface area contributed by atoms with Crippen molar-refractivity contribution in [1.82, 2.24) is 0 Å². The minimum absolute atomic E-state index is 0.115. The molecule has 5 nitrogen and oxygen atoms in total.